The van der Waals surface area contributed by atoms with Gasteiger partial charge in [-0.3, -0.25) is 0 Å². The van der Waals surface area contributed by atoms with Gasteiger partial charge in [0.2, 0.25) is 0 Å². The Morgan fingerprint density at radius 3 is 2.43 bits per heavy atom. The molecule has 0 spiro atoms. The van der Waals surface area contributed by atoms with Crippen molar-refractivity contribution in [3.05, 3.63) is 77.4 Å². The molecule has 0 aromatic heterocycles. The maximum Gasteiger partial charge on any atom is 0.120 e. The minimum atomic E-state index is 0.598. The van der Waals surface area contributed by atoms with Crippen LogP contribution in [0.15, 0.2) is 60.7 Å². The van der Waals surface area contributed by atoms with Gasteiger partial charge in [-0.05, 0) is 60.9 Å². The van der Waals surface area contributed by atoms with Crippen molar-refractivity contribution in [1.29, 1.82) is 0 Å². The number of hydrogen-bond donors (Lipinski definition) is 0. The predicted octanol–water partition coefficient (Wildman–Crippen LogP) is 6.42. The fourth-order valence-electron chi connectivity index (χ4n) is 2.88. The Bertz CT molecular complexity index is 613. The van der Waals surface area contributed by atoms with Crippen molar-refractivity contribution < 1.29 is 4.74 Å². The first-order valence-electron chi connectivity index (χ1n) is 8.66. The van der Waals surface area contributed by atoms with E-state index < -0.39 is 0 Å². The molecule has 1 unspecified atom stereocenters. The van der Waals surface area contributed by atoms with Crippen LogP contribution in [-0.2, 0) is 6.61 Å². The van der Waals surface area contributed by atoms with Gasteiger partial charge in [0.1, 0.15) is 12.4 Å². The summed E-state index contributed by atoms with van der Waals surface area (Å²) in [6, 6.07) is 16.8. The Hall–Kier alpha value is -2.02. The van der Waals surface area contributed by atoms with Gasteiger partial charge in [0.05, 0.1) is 0 Å². The molecule has 1 heteroatoms. The number of allylic oxidation sites excluding steroid dienone is 2. The second-order valence-electron chi connectivity index (χ2n) is 6.01. The Balaban J connectivity index is 2.03. The summed E-state index contributed by atoms with van der Waals surface area (Å²) in [6.45, 7) is 7.26. The van der Waals surface area contributed by atoms with Crippen LogP contribution in [0.1, 0.15) is 55.7 Å². The molecule has 2 aromatic carbocycles. The molecule has 0 aliphatic carbocycles. The molecular formula is C22H28O. The molecule has 1 nitrogen and oxygen atoms in total. The standard InChI is InChI=1S/C22H28O/c1-4-6-8-13-20(5-2)22-15-14-21(16-18(22)3)23-17-19-11-9-7-10-12-19/h6-12,14-16,20H,4-5,13,17H2,1-3H3/b8-6-. The lowest BCUT2D eigenvalue weighted by Crippen LogP contribution is -2.01. The van der Waals surface area contributed by atoms with Crippen LogP contribution in [0.4, 0.5) is 0 Å². The first-order chi connectivity index (χ1) is 11.2. The van der Waals surface area contributed by atoms with Crippen LogP contribution in [0.2, 0.25) is 0 Å². The number of benzene rings is 2. The fourth-order valence-corrected chi connectivity index (χ4v) is 2.88. The molecule has 2 rings (SSSR count). The summed E-state index contributed by atoms with van der Waals surface area (Å²) in [4.78, 5) is 0. The second-order valence-corrected chi connectivity index (χ2v) is 6.01. The van der Waals surface area contributed by atoms with E-state index >= 15 is 0 Å². The van der Waals surface area contributed by atoms with E-state index in [-0.39, 0.29) is 0 Å². The highest BCUT2D eigenvalue weighted by molar-refractivity contribution is 5.37. The largest absolute Gasteiger partial charge is 0.489 e. The third-order valence-electron chi connectivity index (χ3n) is 4.25. The van der Waals surface area contributed by atoms with Crippen molar-refractivity contribution in [2.24, 2.45) is 0 Å². The highest BCUT2D eigenvalue weighted by atomic mass is 16.5. The van der Waals surface area contributed by atoms with E-state index in [9.17, 15) is 0 Å². The Labute approximate surface area is 141 Å². The third kappa shape index (κ3) is 5.28. The van der Waals surface area contributed by atoms with Crippen LogP contribution in [-0.4, -0.2) is 0 Å². The minimum Gasteiger partial charge on any atom is -0.489 e. The number of ether oxygens (including phenoxy) is 1. The molecule has 0 fully saturated rings. The van der Waals surface area contributed by atoms with E-state index in [1.54, 1.807) is 0 Å². The first kappa shape index (κ1) is 17.3. The zero-order valence-corrected chi connectivity index (χ0v) is 14.6. The summed E-state index contributed by atoms with van der Waals surface area (Å²) in [5, 5.41) is 0. The van der Waals surface area contributed by atoms with Crippen LogP contribution >= 0.6 is 0 Å². The molecule has 0 bridgehead atoms. The Morgan fingerprint density at radius 2 is 1.78 bits per heavy atom. The second kappa shape index (κ2) is 9.19. The van der Waals surface area contributed by atoms with Gasteiger partial charge < -0.3 is 4.74 Å². The molecular weight excluding hydrogens is 280 g/mol. The average molecular weight is 308 g/mol. The topological polar surface area (TPSA) is 9.23 Å². The highest BCUT2D eigenvalue weighted by Crippen LogP contribution is 2.29. The van der Waals surface area contributed by atoms with E-state index in [2.05, 4.69) is 63.3 Å². The van der Waals surface area contributed by atoms with Crippen molar-refractivity contribution in [3.63, 3.8) is 0 Å². The zero-order chi connectivity index (χ0) is 16.5. The van der Waals surface area contributed by atoms with Crippen LogP contribution in [0.25, 0.3) is 0 Å². The number of hydrogen-bond acceptors (Lipinski definition) is 1. The van der Waals surface area contributed by atoms with Crippen LogP contribution in [0, 0.1) is 6.92 Å². The molecule has 0 N–H and O–H groups in total. The van der Waals surface area contributed by atoms with Gasteiger partial charge in [0.25, 0.3) is 0 Å². The number of rotatable bonds is 8. The summed E-state index contributed by atoms with van der Waals surface area (Å²) in [5.41, 5.74) is 3.97. The van der Waals surface area contributed by atoms with Gasteiger partial charge in [-0.25, -0.2) is 0 Å². The summed E-state index contributed by atoms with van der Waals surface area (Å²) in [7, 11) is 0. The lowest BCUT2D eigenvalue weighted by molar-refractivity contribution is 0.306. The fraction of sp³-hybridized carbons (Fsp3) is 0.364. The maximum atomic E-state index is 5.93. The van der Waals surface area contributed by atoms with Gasteiger partial charge in [-0.2, -0.15) is 0 Å². The lowest BCUT2D eigenvalue weighted by atomic mass is 9.89. The normalized spacial score (nSPS) is 12.5. The quantitative estimate of drug-likeness (QED) is 0.511. The molecule has 0 heterocycles. The van der Waals surface area contributed by atoms with E-state index in [0.717, 1.165) is 18.6 Å². The molecule has 0 amide bonds. The molecule has 23 heavy (non-hydrogen) atoms. The minimum absolute atomic E-state index is 0.598. The van der Waals surface area contributed by atoms with Gasteiger partial charge in [-0.1, -0.05) is 62.4 Å². The highest BCUT2D eigenvalue weighted by Gasteiger charge is 2.11. The van der Waals surface area contributed by atoms with E-state index in [1.165, 1.54) is 23.1 Å². The van der Waals surface area contributed by atoms with Gasteiger partial charge >= 0.3 is 0 Å². The van der Waals surface area contributed by atoms with Crippen molar-refractivity contribution in [2.45, 2.75) is 52.6 Å². The van der Waals surface area contributed by atoms with E-state index in [4.69, 9.17) is 4.74 Å². The van der Waals surface area contributed by atoms with Crippen LogP contribution in [0.3, 0.4) is 0 Å². The summed E-state index contributed by atoms with van der Waals surface area (Å²) in [6.07, 6.45) is 7.97. The van der Waals surface area contributed by atoms with Gasteiger partial charge in [0.15, 0.2) is 0 Å². The van der Waals surface area contributed by atoms with E-state index in [0.29, 0.717) is 12.5 Å². The predicted molar refractivity (Wildman–Crippen MR) is 99.0 cm³/mol. The Morgan fingerprint density at radius 1 is 1.00 bits per heavy atom. The van der Waals surface area contributed by atoms with Crippen molar-refractivity contribution in [2.75, 3.05) is 0 Å². The molecule has 1 atom stereocenters. The summed E-state index contributed by atoms with van der Waals surface area (Å²) in [5.74, 6) is 1.55. The molecule has 0 saturated carbocycles. The molecule has 2 aromatic rings. The first-order valence-corrected chi connectivity index (χ1v) is 8.66. The SMILES string of the molecule is CC/C=C\CC(CC)c1ccc(OCc2ccccc2)cc1C. The van der Waals surface area contributed by atoms with Crippen molar-refractivity contribution >= 4 is 0 Å². The third-order valence-corrected chi connectivity index (χ3v) is 4.25. The number of aryl methyl sites for hydroxylation is 1. The maximum absolute atomic E-state index is 5.93. The lowest BCUT2D eigenvalue weighted by Gasteiger charge is -2.17. The monoisotopic (exact) mass is 308 g/mol. The van der Waals surface area contributed by atoms with Gasteiger partial charge in [0, 0.05) is 0 Å². The smallest absolute Gasteiger partial charge is 0.120 e. The Kier molecular flexibility index (Phi) is 6.93. The van der Waals surface area contributed by atoms with Gasteiger partial charge in [-0.15, -0.1) is 0 Å². The van der Waals surface area contributed by atoms with E-state index in [1.807, 2.05) is 18.2 Å². The van der Waals surface area contributed by atoms with Crippen LogP contribution in [0.5, 0.6) is 5.75 Å². The molecule has 0 aliphatic heterocycles. The molecule has 0 radical (unpaired) electrons. The summed E-state index contributed by atoms with van der Waals surface area (Å²) >= 11 is 0. The van der Waals surface area contributed by atoms with Crippen LogP contribution < -0.4 is 4.74 Å². The van der Waals surface area contributed by atoms with Crippen molar-refractivity contribution in [1.82, 2.24) is 0 Å². The molecule has 0 saturated heterocycles. The molecule has 0 aliphatic rings. The average Bonchev–Trinajstić information content (AvgIpc) is 2.59. The summed E-state index contributed by atoms with van der Waals surface area (Å²) < 4.78 is 5.93. The zero-order valence-electron chi connectivity index (χ0n) is 14.6. The molecule has 122 valence electrons. The van der Waals surface area contributed by atoms with Crippen molar-refractivity contribution in [3.8, 4) is 5.75 Å².